The van der Waals surface area contributed by atoms with Crippen LogP contribution in [0, 0.1) is 6.92 Å². The summed E-state index contributed by atoms with van der Waals surface area (Å²) in [6.07, 6.45) is 3.42. The second-order valence-electron chi connectivity index (χ2n) is 3.38. The normalized spacial score (nSPS) is 13.0. The van der Waals surface area contributed by atoms with E-state index in [4.69, 9.17) is 9.47 Å². The fourth-order valence-corrected chi connectivity index (χ4v) is 1.28. The highest BCUT2D eigenvalue weighted by molar-refractivity contribution is 5.49. The SMILES string of the molecule is CCOC(C)OC=Cc1cccc(C)c1. The van der Waals surface area contributed by atoms with E-state index < -0.39 is 0 Å². The van der Waals surface area contributed by atoms with E-state index in [1.165, 1.54) is 5.56 Å². The van der Waals surface area contributed by atoms with Crippen LogP contribution < -0.4 is 0 Å². The van der Waals surface area contributed by atoms with Crippen LogP contribution in [0.4, 0.5) is 0 Å². The Hall–Kier alpha value is -1.28. The summed E-state index contributed by atoms with van der Waals surface area (Å²) in [4.78, 5) is 0. The first-order chi connectivity index (χ1) is 7.22. The fourth-order valence-electron chi connectivity index (χ4n) is 1.28. The standard InChI is InChI=1S/C13H18O2/c1-4-14-12(3)15-9-8-13-7-5-6-11(2)10-13/h5-10,12H,4H2,1-3H3. The lowest BCUT2D eigenvalue weighted by atomic mass is 10.1. The van der Waals surface area contributed by atoms with Gasteiger partial charge in [0, 0.05) is 6.61 Å². The summed E-state index contributed by atoms with van der Waals surface area (Å²) in [5.74, 6) is 0. The zero-order chi connectivity index (χ0) is 11.1. The molecule has 82 valence electrons. The molecule has 0 radical (unpaired) electrons. The number of hydrogen-bond acceptors (Lipinski definition) is 2. The maximum absolute atomic E-state index is 5.32. The van der Waals surface area contributed by atoms with Crippen LogP contribution in [0.25, 0.3) is 6.08 Å². The molecule has 0 fully saturated rings. The maximum Gasteiger partial charge on any atom is 0.196 e. The van der Waals surface area contributed by atoms with Gasteiger partial charge in [0.15, 0.2) is 6.29 Å². The predicted octanol–water partition coefficient (Wildman–Crippen LogP) is 3.36. The van der Waals surface area contributed by atoms with Crippen molar-refractivity contribution >= 4 is 6.08 Å². The Morgan fingerprint density at radius 1 is 1.40 bits per heavy atom. The largest absolute Gasteiger partial charge is 0.473 e. The molecule has 1 aromatic rings. The monoisotopic (exact) mass is 206 g/mol. The molecule has 0 spiro atoms. The van der Waals surface area contributed by atoms with Gasteiger partial charge in [-0.2, -0.15) is 0 Å². The van der Waals surface area contributed by atoms with Gasteiger partial charge in [-0.05, 0) is 32.4 Å². The van der Waals surface area contributed by atoms with Crippen molar-refractivity contribution in [3.63, 3.8) is 0 Å². The average Bonchev–Trinajstić information content (AvgIpc) is 2.18. The summed E-state index contributed by atoms with van der Waals surface area (Å²) in [5.41, 5.74) is 2.38. The number of aryl methyl sites for hydroxylation is 1. The van der Waals surface area contributed by atoms with Crippen molar-refractivity contribution < 1.29 is 9.47 Å². The van der Waals surface area contributed by atoms with Crippen LogP contribution in [0.5, 0.6) is 0 Å². The van der Waals surface area contributed by atoms with E-state index in [0.29, 0.717) is 6.61 Å². The molecule has 2 nitrogen and oxygen atoms in total. The van der Waals surface area contributed by atoms with Crippen LogP contribution in [-0.2, 0) is 9.47 Å². The summed E-state index contributed by atoms with van der Waals surface area (Å²) < 4.78 is 10.6. The van der Waals surface area contributed by atoms with Gasteiger partial charge in [-0.15, -0.1) is 0 Å². The fraction of sp³-hybridized carbons (Fsp3) is 0.385. The maximum atomic E-state index is 5.32. The van der Waals surface area contributed by atoms with E-state index in [2.05, 4.69) is 19.1 Å². The Labute approximate surface area is 91.5 Å². The molecule has 0 aliphatic carbocycles. The minimum absolute atomic E-state index is 0.184. The number of rotatable bonds is 5. The van der Waals surface area contributed by atoms with Crippen molar-refractivity contribution in [1.82, 2.24) is 0 Å². The van der Waals surface area contributed by atoms with Gasteiger partial charge >= 0.3 is 0 Å². The van der Waals surface area contributed by atoms with Crippen LogP contribution in [0.15, 0.2) is 30.5 Å². The molecule has 0 bridgehead atoms. The van der Waals surface area contributed by atoms with Crippen molar-refractivity contribution in [2.75, 3.05) is 6.61 Å². The van der Waals surface area contributed by atoms with Crippen LogP contribution in [0.1, 0.15) is 25.0 Å². The quantitative estimate of drug-likeness (QED) is 0.543. The van der Waals surface area contributed by atoms with Crippen molar-refractivity contribution in [1.29, 1.82) is 0 Å². The Bertz CT molecular complexity index is 318. The van der Waals surface area contributed by atoms with Crippen molar-refractivity contribution in [2.45, 2.75) is 27.1 Å². The molecule has 2 heteroatoms. The Balaban J connectivity index is 2.44. The van der Waals surface area contributed by atoms with Gasteiger partial charge in [-0.3, -0.25) is 0 Å². The van der Waals surface area contributed by atoms with Crippen molar-refractivity contribution in [3.05, 3.63) is 41.7 Å². The molecule has 1 atom stereocenters. The lowest BCUT2D eigenvalue weighted by Gasteiger charge is -2.10. The van der Waals surface area contributed by atoms with Gasteiger partial charge in [0.05, 0.1) is 6.26 Å². The second kappa shape index (κ2) is 6.25. The number of benzene rings is 1. The van der Waals surface area contributed by atoms with Crippen LogP contribution in [0.2, 0.25) is 0 Å². The third-order valence-corrected chi connectivity index (χ3v) is 1.97. The van der Waals surface area contributed by atoms with Gasteiger partial charge in [-0.1, -0.05) is 29.8 Å². The summed E-state index contributed by atoms with van der Waals surface area (Å²) in [7, 11) is 0. The predicted molar refractivity (Wildman–Crippen MR) is 62.4 cm³/mol. The summed E-state index contributed by atoms with van der Waals surface area (Å²) >= 11 is 0. The van der Waals surface area contributed by atoms with E-state index in [-0.39, 0.29) is 6.29 Å². The third-order valence-electron chi connectivity index (χ3n) is 1.97. The molecule has 1 unspecified atom stereocenters. The van der Waals surface area contributed by atoms with Gasteiger partial charge in [0.1, 0.15) is 0 Å². The molecule has 1 aromatic carbocycles. The van der Waals surface area contributed by atoms with E-state index in [9.17, 15) is 0 Å². The van der Waals surface area contributed by atoms with E-state index in [1.807, 2.05) is 32.1 Å². The molecule has 0 heterocycles. The topological polar surface area (TPSA) is 18.5 Å². The number of ether oxygens (including phenoxy) is 2. The molecule has 0 N–H and O–H groups in total. The minimum atomic E-state index is -0.184. The van der Waals surface area contributed by atoms with E-state index >= 15 is 0 Å². The molecule has 0 amide bonds. The molecule has 15 heavy (non-hydrogen) atoms. The highest BCUT2D eigenvalue weighted by Crippen LogP contribution is 2.06. The molecule has 0 aliphatic heterocycles. The third kappa shape index (κ3) is 4.66. The molecular formula is C13H18O2. The van der Waals surface area contributed by atoms with E-state index in [1.54, 1.807) is 6.26 Å². The zero-order valence-corrected chi connectivity index (χ0v) is 9.57. The Morgan fingerprint density at radius 2 is 2.20 bits per heavy atom. The highest BCUT2D eigenvalue weighted by atomic mass is 16.7. The molecule has 0 saturated heterocycles. The van der Waals surface area contributed by atoms with E-state index in [0.717, 1.165) is 5.56 Å². The van der Waals surface area contributed by atoms with Crippen LogP contribution in [-0.4, -0.2) is 12.9 Å². The lowest BCUT2D eigenvalue weighted by molar-refractivity contribution is -0.0874. The molecule has 0 aliphatic rings. The van der Waals surface area contributed by atoms with Crippen LogP contribution >= 0.6 is 0 Å². The van der Waals surface area contributed by atoms with Gasteiger partial charge in [0.2, 0.25) is 0 Å². The smallest absolute Gasteiger partial charge is 0.196 e. The van der Waals surface area contributed by atoms with Crippen LogP contribution in [0.3, 0.4) is 0 Å². The van der Waals surface area contributed by atoms with Crippen molar-refractivity contribution in [3.8, 4) is 0 Å². The first kappa shape index (κ1) is 11.8. The Morgan fingerprint density at radius 3 is 2.87 bits per heavy atom. The number of hydrogen-bond donors (Lipinski definition) is 0. The summed E-state index contributed by atoms with van der Waals surface area (Å²) in [5, 5.41) is 0. The minimum Gasteiger partial charge on any atom is -0.473 e. The summed E-state index contributed by atoms with van der Waals surface area (Å²) in [6.45, 7) is 6.56. The van der Waals surface area contributed by atoms with Gasteiger partial charge in [-0.25, -0.2) is 0 Å². The summed E-state index contributed by atoms with van der Waals surface area (Å²) in [6, 6.07) is 8.24. The van der Waals surface area contributed by atoms with Gasteiger partial charge < -0.3 is 9.47 Å². The average molecular weight is 206 g/mol. The second-order valence-corrected chi connectivity index (χ2v) is 3.38. The molecule has 0 aromatic heterocycles. The lowest BCUT2D eigenvalue weighted by Crippen LogP contribution is -2.08. The zero-order valence-electron chi connectivity index (χ0n) is 9.57. The first-order valence-electron chi connectivity index (χ1n) is 5.22. The van der Waals surface area contributed by atoms with Crippen molar-refractivity contribution in [2.24, 2.45) is 0 Å². The highest BCUT2D eigenvalue weighted by Gasteiger charge is 1.95. The van der Waals surface area contributed by atoms with Gasteiger partial charge in [0.25, 0.3) is 0 Å². The molecule has 0 saturated carbocycles. The first-order valence-corrected chi connectivity index (χ1v) is 5.22. The molecule has 1 rings (SSSR count). The molecular weight excluding hydrogens is 188 g/mol. The Kier molecular flexibility index (Phi) is 4.91.